The molecule has 0 radical (unpaired) electrons. The van der Waals surface area contributed by atoms with Crippen LogP contribution in [0.2, 0.25) is 0 Å². The summed E-state index contributed by atoms with van der Waals surface area (Å²) in [5, 5.41) is 0.466. The number of thioether (sulfide) groups is 1. The van der Waals surface area contributed by atoms with Crippen LogP contribution >= 0.6 is 11.8 Å². The van der Waals surface area contributed by atoms with Crippen LogP contribution in [0.5, 0.6) is 0 Å². The van der Waals surface area contributed by atoms with E-state index in [0.29, 0.717) is 11.1 Å². The Morgan fingerprint density at radius 3 is 2.60 bits per heavy atom. The predicted molar refractivity (Wildman–Crippen MR) is 101 cm³/mol. The van der Waals surface area contributed by atoms with Crippen LogP contribution in [0.25, 0.3) is 0 Å². The maximum Gasteiger partial charge on any atom is 0.274 e. The number of aliphatic imine (C=N–C) groups is 1. The molecule has 0 saturated carbocycles. The molecule has 3 rings (SSSR count). The fraction of sp³-hybridized carbons (Fsp3) is 0.529. The number of methoxy groups -OCH3 is 1. The Labute approximate surface area is 152 Å². The third-order valence-corrected chi connectivity index (χ3v) is 7.60. The number of hydrogen-bond acceptors (Lipinski definition) is 5. The lowest BCUT2D eigenvalue weighted by Gasteiger charge is -2.25. The van der Waals surface area contributed by atoms with Gasteiger partial charge in [0.15, 0.2) is 15.0 Å². The molecule has 136 valence electrons. The Balaban J connectivity index is 1.96. The van der Waals surface area contributed by atoms with Gasteiger partial charge in [-0.05, 0) is 23.6 Å². The molecule has 2 atom stereocenters. The standard InChI is InChI=1S/C17H22N2O4S2/c1-11(2)12-4-6-13(7-5-12)19-14-9-25(21,22)10-15(14)24-17(19)18-16(20)8-23-3/h4-7,11,14-15H,8-10H2,1-3H3/t14-,15-/m0/s1. The van der Waals surface area contributed by atoms with E-state index in [1.165, 1.54) is 24.4 Å². The first-order valence-electron chi connectivity index (χ1n) is 8.17. The summed E-state index contributed by atoms with van der Waals surface area (Å²) in [5.74, 6) is 0.267. The topological polar surface area (TPSA) is 76.0 Å². The number of amidine groups is 1. The minimum atomic E-state index is -3.06. The molecule has 2 saturated heterocycles. The fourth-order valence-electron chi connectivity index (χ4n) is 3.15. The smallest absolute Gasteiger partial charge is 0.274 e. The van der Waals surface area contributed by atoms with E-state index in [2.05, 4.69) is 18.8 Å². The number of ether oxygens (including phenoxy) is 1. The third kappa shape index (κ3) is 3.91. The van der Waals surface area contributed by atoms with Gasteiger partial charge in [-0.1, -0.05) is 37.7 Å². The van der Waals surface area contributed by atoms with Crippen LogP contribution in [-0.4, -0.2) is 56.0 Å². The van der Waals surface area contributed by atoms with Gasteiger partial charge in [-0.25, -0.2) is 8.42 Å². The average molecular weight is 383 g/mol. The van der Waals surface area contributed by atoms with Gasteiger partial charge in [0, 0.05) is 18.0 Å². The number of anilines is 1. The van der Waals surface area contributed by atoms with Crippen molar-refractivity contribution in [1.82, 2.24) is 0 Å². The Hall–Kier alpha value is -1.38. The van der Waals surface area contributed by atoms with E-state index in [9.17, 15) is 13.2 Å². The van der Waals surface area contributed by atoms with Crippen molar-refractivity contribution in [2.45, 2.75) is 31.1 Å². The summed E-state index contributed by atoms with van der Waals surface area (Å²) in [6.45, 7) is 4.16. The summed E-state index contributed by atoms with van der Waals surface area (Å²) < 4.78 is 28.9. The largest absolute Gasteiger partial charge is 0.375 e. The highest BCUT2D eigenvalue weighted by atomic mass is 32.2. The zero-order chi connectivity index (χ0) is 18.2. The number of fused-ring (bicyclic) bond motifs is 1. The molecule has 0 unspecified atom stereocenters. The number of nitrogens with zero attached hydrogens (tertiary/aromatic N) is 2. The molecule has 1 aromatic rings. The lowest BCUT2D eigenvalue weighted by Crippen LogP contribution is -2.37. The number of carbonyl (C=O) groups excluding carboxylic acids is 1. The summed E-state index contributed by atoms with van der Waals surface area (Å²) in [4.78, 5) is 18.0. The van der Waals surface area contributed by atoms with Crippen LogP contribution < -0.4 is 4.90 Å². The van der Waals surface area contributed by atoms with Gasteiger partial charge in [-0.15, -0.1) is 0 Å². The zero-order valence-electron chi connectivity index (χ0n) is 14.5. The van der Waals surface area contributed by atoms with Gasteiger partial charge in [0.2, 0.25) is 0 Å². The van der Waals surface area contributed by atoms with Crippen LogP contribution in [-0.2, 0) is 19.4 Å². The van der Waals surface area contributed by atoms with E-state index >= 15 is 0 Å². The molecule has 2 aliphatic rings. The van der Waals surface area contributed by atoms with E-state index in [1.54, 1.807) is 0 Å². The van der Waals surface area contributed by atoms with Crippen molar-refractivity contribution in [3.05, 3.63) is 29.8 Å². The first kappa shape index (κ1) is 18.4. The average Bonchev–Trinajstić information content (AvgIpc) is 2.98. The molecular formula is C17H22N2O4S2. The second-order valence-corrected chi connectivity index (χ2v) is 10.00. The minimum Gasteiger partial charge on any atom is -0.375 e. The highest BCUT2D eigenvalue weighted by Gasteiger charge is 2.49. The molecule has 0 aliphatic carbocycles. The number of carbonyl (C=O) groups is 1. The van der Waals surface area contributed by atoms with Gasteiger partial charge in [0.05, 0.1) is 17.5 Å². The molecule has 1 aromatic carbocycles. The summed E-state index contributed by atoms with van der Waals surface area (Å²) in [7, 11) is -1.61. The van der Waals surface area contributed by atoms with Crippen LogP contribution in [0.3, 0.4) is 0 Å². The SMILES string of the molecule is COCC(=O)N=C1S[C@H]2CS(=O)(=O)C[C@@H]2N1c1ccc(C(C)C)cc1. The molecule has 2 heterocycles. The Kier molecular flexibility index (Phi) is 5.22. The van der Waals surface area contributed by atoms with Crippen molar-refractivity contribution in [3.63, 3.8) is 0 Å². The summed E-state index contributed by atoms with van der Waals surface area (Å²) in [6.07, 6.45) is 0. The summed E-state index contributed by atoms with van der Waals surface area (Å²) >= 11 is 1.37. The van der Waals surface area contributed by atoms with Crippen molar-refractivity contribution >= 4 is 38.4 Å². The first-order valence-corrected chi connectivity index (χ1v) is 10.9. The quantitative estimate of drug-likeness (QED) is 0.793. The van der Waals surface area contributed by atoms with Crippen LogP contribution in [0, 0.1) is 0 Å². The number of amides is 1. The third-order valence-electron chi connectivity index (χ3n) is 4.39. The first-order chi connectivity index (χ1) is 11.8. The fourth-order valence-corrected chi connectivity index (χ4v) is 7.08. The van der Waals surface area contributed by atoms with Crippen molar-refractivity contribution in [1.29, 1.82) is 0 Å². The van der Waals surface area contributed by atoms with Gasteiger partial charge in [0.1, 0.15) is 6.61 Å². The van der Waals surface area contributed by atoms with Crippen molar-refractivity contribution in [2.75, 3.05) is 30.1 Å². The molecule has 1 amide bonds. The molecular weight excluding hydrogens is 360 g/mol. The highest BCUT2D eigenvalue weighted by molar-refractivity contribution is 8.16. The number of rotatable bonds is 4. The lowest BCUT2D eigenvalue weighted by molar-refractivity contribution is -0.121. The van der Waals surface area contributed by atoms with Gasteiger partial charge in [-0.2, -0.15) is 4.99 Å². The zero-order valence-corrected chi connectivity index (χ0v) is 16.1. The summed E-state index contributed by atoms with van der Waals surface area (Å²) in [5.41, 5.74) is 2.07. The minimum absolute atomic E-state index is 0.0855. The van der Waals surface area contributed by atoms with E-state index in [0.717, 1.165) is 5.69 Å². The second-order valence-electron chi connectivity index (χ2n) is 6.64. The Morgan fingerprint density at radius 1 is 1.32 bits per heavy atom. The molecule has 0 spiro atoms. The molecule has 25 heavy (non-hydrogen) atoms. The number of sulfone groups is 1. The van der Waals surface area contributed by atoms with Gasteiger partial charge in [-0.3, -0.25) is 4.79 Å². The predicted octanol–water partition coefficient (Wildman–Crippen LogP) is 2.06. The van der Waals surface area contributed by atoms with Crippen LogP contribution in [0.1, 0.15) is 25.3 Å². The van der Waals surface area contributed by atoms with Crippen molar-refractivity contribution < 1.29 is 17.9 Å². The molecule has 2 fully saturated rings. The summed E-state index contributed by atoms with van der Waals surface area (Å²) in [6, 6.07) is 7.83. The van der Waals surface area contributed by atoms with E-state index in [-0.39, 0.29) is 35.3 Å². The monoisotopic (exact) mass is 382 g/mol. The van der Waals surface area contributed by atoms with E-state index in [1.807, 2.05) is 29.2 Å². The van der Waals surface area contributed by atoms with Crippen LogP contribution in [0.4, 0.5) is 5.69 Å². The molecule has 6 nitrogen and oxygen atoms in total. The van der Waals surface area contributed by atoms with Crippen molar-refractivity contribution in [3.8, 4) is 0 Å². The maximum absolute atomic E-state index is 12.0. The van der Waals surface area contributed by atoms with Gasteiger partial charge >= 0.3 is 0 Å². The molecule has 0 bridgehead atoms. The molecule has 2 aliphatic heterocycles. The number of benzene rings is 1. The Bertz CT molecular complexity index is 787. The van der Waals surface area contributed by atoms with Crippen molar-refractivity contribution in [2.24, 2.45) is 4.99 Å². The van der Waals surface area contributed by atoms with E-state index < -0.39 is 9.84 Å². The Morgan fingerprint density at radius 2 is 2.00 bits per heavy atom. The lowest BCUT2D eigenvalue weighted by atomic mass is 10.0. The normalized spacial score (nSPS) is 26.4. The molecule has 0 aromatic heterocycles. The molecule has 0 N–H and O–H groups in total. The van der Waals surface area contributed by atoms with Gasteiger partial charge < -0.3 is 9.64 Å². The number of hydrogen-bond donors (Lipinski definition) is 0. The maximum atomic E-state index is 12.0. The van der Waals surface area contributed by atoms with Crippen LogP contribution in [0.15, 0.2) is 29.3 Å². The van der Waals surface area contributed by atoms with E-state index in [4.69, 9.17) is 4.74 Å². The second kappa shape index (κ2) is 7.09. The van der Waals surface area contributed by atoms with Gasteiger partial charge in [0.25, 0.3) is 5.91 Å². The molecule has 8 heteroatoms. The highest BCUT2D eigenvalue weighted by Crippen LogP contribution is 2.41.